The first-order valence-electron chi connectivity index (χ1n) is 5.22. The lowest BCUT2D eigenvalue weighted by Gasteiger charge is -2.05. The largest absolute Gasteiger partial charge is 0.468 e. The Bertz CT molecular complexity index is 387. The summed E-state index contributed by atoms with van der Waals surface area (Å²) in [6.45, 7) is 2.07. The van der Waals surface area contributed by atoms with E-state index >= 15 is 0 Å². The van der Waals surface area contributed by atoms with E-state index in [0.29, 0.717) is 11.7 Å². The topological polar surface area (TPSA) is 65.2 Å². The van der Waals surface area contributed by atoms with Crippen molar-refractivity contribution >= 4 is 17.7 Å². The molecule has 1 aromatic heterocycles. The molecule has 0 radical (unpaired) electrons. The maximum Gasteiger partial charge on any atom is 0.321 e. The molecule has 88 valence electrons. The number of rotatable bonds is 5. The monoisotopic (exact) mass is 242 g/mol. The van der Waals surface area contributed by atoms with Crippen LogP contribution in [0.25, 0.3) is 0 Å². The molecule has 0 atom stereocenters. The number of carbonyl (C=O) groups excluding carboxylic acids is 1. The number of carbonyl (C=O) groups is 1. The molecule has 0 amide bonds. The van der Waals surface area contributed by atoms with Crippen LogP contribution in [0, 0.1) is 0 Å². The number of hydrogen-bond acceptors (Lipinski definition) is 6. The Morgan fingerprint density at radius 1 is 1.62 bits per heavy atom. The summed E-state index contributed by atoms with van der Waals surface area (Å²) in [7, 11) is 1.38. The zero-order valence-electron chi connectivity index (χ0n) is 9.36. The first-order chi connectivity index (χ1) is 7.73. The van der Waals surface area contributed by atoms with E-state index in [2.05, 4.69) is 17.1 Å². The van der Waals surface area contributed by atoms with Crippen LogP contribution in [-0.4, -0.2) is 29.0 Å². The molecule has 16 heavy (non-hydrogen) atoms. The third-order valence-electron chi connectivity index (χ3n) is 2.64. The molecule has 0 aromatic carbocycles. The van der Waals surface area contributed by atoms with Crippen LogP contribution in [0.4, 0.5) is 0 Å². The molecule has 0 saturated heterocycles. The molecule has 0 unspecified atom stereocenters. The zero-order chi connectivity index (χ0) is 11.6. The van der Waals surface area contributed by atoms with E-state index in [9.17, 15) is 4.79 Å². The highest BCUT2D eigenvalue weighted by Crippen LogP contribution is 2.48. The summed E-state index contributed by atoms with van der Waals surface area (Å²) in [5, 5.41) is 3.86. The van der Waals surface area contributed by atoms with Crippen LogP contribution in [-0.2, 0) is 20.7 Å². The molecule has 6 heteroatoms. The molecule has 1 heterocycles. The van der Waals surface area contributed by atoms with Gasteiger partial charge >= 0.3 is 5.97 Å². The number of hydrogen-bond donors (Lipinski definition) is 0. The fourth-order valence-corrected chi connectivity index (χ4v) is 2.03. The van der Waals surface area contributed by atoms with Crippen molar-refractivity contribution in [1.29, 1.82) is 0 Å². The standard InChI is InChI=1S/C10H14N2O3S/c1-3-16-6-7-11-8(15-12-7)10(4-5-10)9(13)14-2/h3-6H2,1-2H3. The van der Waals surface area contributed by atoms with Crippen molar-refractivity contribution in [2.75, 3.05) is 12.9 Å². The van der Waals surface area contributed by atoms with E-state index in [-0.39, 0.29) is 5.97 Å². The molecule has 1 aromatic rings. The minimum absolute atomic E-state index is 0.272. The smallest absolute Gasteiger partial charge is 0.321 e. The molecule has 1 aliphatic rings. The van der Waals surface area contributed by atoms with E-state index in [1.807, 2.05) is 0 Å². The van der Waals surface area contributed by atoms with Crippen LogP contribution in [0.1, 0.15) is 31.5 Å². The summed E-state index contributed by atoms with van der Waals surface area (Å²) in [5.74, 6) is 2.51. The Morgan fingerprint density at radius 2 is 2.38 bits per heavy atom. The number of ether oxygens (including phenoxy) is 1. The number of thioether (sulfide) groups is 1. The van der Waals surface area contributed by atoms with Crippen molar-refractivity contribution in [2.45, 2.75) is 30.9 Å². The average molecular weight is 242 g/mol. The van der Waals surface area contributed by atoms with Gasteiger partial charge in [0.25, 0.3) is 0 Å². The third kappa shape index (κ3) is 1.93. The van der Waals surface area contributed by atoms with Crippen LogP contribution in [0.5, 0.6) is 0 Å². The molecule has 2 rings (SSSR count). The van der Waals surface area contributed by atoms with E-state index in [4.69, 9.17) is 9.26 Å². The van der Waals surface area contributed by atoms with Crippen LogP contribution >= 0.6 is 11.8 Å². The first kappa shape index (κ1) is 11.4. The van der Waals surface area contributed by atoms with Gasteiger partial charge in [0.2, 0.25) is 5.89 Å². The summed E-state index contributed by atoms with van der Waals surface area (Å²) < 4.78 is 9.89. The summed E-state index contributed by atoms with van der Waals surface area (Å²) in [6.07, 6.45) is 1.48. The molecule has 0 spiro atoms. The van der Waals surface area contributed by atoms with Gasteiger partial charge in [0.05, 0.1) is 12.9 Å². The Labute approximate surface area is 97.9 Å². The molecular weight excluding hydrogens is 228 g/mol. The fourth-order valence-electron chi connectivity index (χ4n) is 1.53. The van der Waals surface area contributed by atoms with E-state index in [1.165, 1.54) is 7.11 Å². The summed E-state index contributed by atoms with van der Waals surface area (Å²) >= 11 is 1.72. The third-order valence-corrected chi connectivity index (χ3v) is 3.51. The number of esters is 1. The van der Waals surface area contributed by atoms with E-state index in [0.717, 1.165) is 24.3 Å². The summed E-state index contributed by atoms with van der Waals surface area (Å²) in [4.78, 5) is 15.8. The zero-order valence-corrected chi connectivity index (χ0v) is 10.2. The normalized spacial score (nSPS) is 17.1. The Kier molecular flexibility index (Phi) is 3.18. The molecule has 1 saturated carbocycles. The minimum Gasteiger partial charge on any atom is -0.468 e. The Hall–Kier alpha value is -1.04. The van der Waals surface area contributed by atoms with Crippen LogP contribution < -0.4 is 0 Å². The van der Waals surface area contributed by atoms with Gasteiger partial charge in [-0.3, -0.25) is 4.79 Å². The SMILES string of the molecule is CCSCc1noc(C2(C(=O)OC)CC2)n1. The lowest BCUT2D eigenvalue weighted by Crippen LogP contribution is -2.22. The summed E-state index contributed by atoms with van der Waals surface area (Å²) in [5.41, 5.74) is -0.642. The van der Waals surface area contributed by atoms with Gasteiger partial charge in [-0.15, -0.1) is 0 Å². The molecular formula is C10H14N2O3S. The number of methoxy groups -OCH3 is 1. The van der Waals surface area contributed by atoms with Gasteiger partial charge in [0, 0.05) is 0 Å². The van der Waals surface area contributed by atoms with Crippen molar-refractivity contribution in [2.24, 2.45) is 0 Å². The highest BCUT2D eigenvalue weighted by Gasteiger charge is 2.57. The lowest BCUT2D eigenvalue weighted by atomic mass is 10.1. The van der Waals surface area contributed by atoms with Gasteiger partial charge in [-0.25, -0.2) is 0 Å². The first-order valence-corrected chi connectivity index (χ1v) is 6.37. The van der Waals surface area contributed by atoms with Crippen molar-refractivity contribution < 1.29 is 14.1 Å². The summed E-state index contributed by atoms with van der Waals surface area (Å²) in [6, 6.07) is 0. The van der Waals surface area contributed by atoms with Crippen molar-refractivity contribution in [1.82, 2.24) is 10.1 Å². The van der Waals surface area contributed by atoms with Gasteiger partial charge in [-0.05, 0) is 18.6 Å². The second-order valence-corrected chi connectivity index (χ2v) is 5.00. The fraction of sp³-hybridized carbons (Fsp3) is 0.700. The lowest BCUT2D eigenvalue weighted by molar-refractivity contribution is -0.144. The number of nitrogens with zero attached hydrogens (tertiary/aromatic N) is 2. The molecule has 1 aliphatic carbocycles. The van der Waals surface area contributed by atoms with E-state index < -0.39 is 5.41 Å². The maximum absolute atomic E-state index is 11.6. The van der Waals surface area contributed by atoms with Crippen molar-refractivity contribution in [3.05, 3.63) is 11.7 Å². The molecule has 0 bridgehead atoms. The Morgan fingerprint density at radius 3 is 2.94 bits per heavy atom. The quantitative estimate of drug-likeness (QED) is 0.729. The second-order valence-electron chi connectivity index (χ2n) is 3.73. The van der Waals surface area contributed by atoms with Crippen molar-refractivity contribution in [3.8, 4) is 0 Å². The predicted octanol–water partition coefficient (Wildman–Crippen LogP) is 1.53. The highest BCUT2D eigenvalue weighted by atomic mass is 32.2. The van der Waals surface area contributed by atoms with Crippen molar-refractivity contribution in [3.63, 3.8) is 0 Å². The van der Waals surface area contributed by atoms with Gasteiger partial charge in [0.15, 0.2) is 5.82 Å². The van der Waals surface area contributed by atoms with Crippen LogP contribution in [0.3, 0.4) is 0 Å². The molecule has 0 N–H and O–H groups in total. The minimum atomic E-state index is -0.642. The maximum atomic E-state index is 11.6. The molecule has 1 fully saturated rings. The second kappa shape index (κ2) is 4.45. The van der Waals surface area contributed by atoms with Gasteiger partial charge in [-0.1, -0.05) is 12.1 Å². The molecule has 0 aliphatic heterocycles. The number of aromatic nitrogens is 2. The molecule has 5 nitrogen and oxygen atoms in total. The predicted molar refractivity (Wildman–Crippen MR) is 59.1 cm³/mol. The van der Waals surface area contributed by atoms with Crippen LogP contribution in [0.2, 0.25) is 0 Å². The van der Waals surface area contributed by atoms with E-state index in [1.54, 1.807) is 11.8 Å². The van der Waals surface area contributed by atoms with Gasteiger partial charge < -0.3 is 9.26 Å². The Balaban J connectivity index is 2.10. The van der Waals surface area contributed by atoms with Gasteiger partial charge in [-0.2, -0.15) is 16.7 Å². The average Bonchev–Trinajstić information content (AvgIpc) is 2.99. The van der Waals surface area contributed by atoms with Crippen LogP contribution in [0.15, 0.2) is 4.52 Å². The highest BCUT2D eigenvalue weighted by molar-refractivity contribution is 7.98. The van der Waals surface area contributed by atoms with Gasteiger partial charge in [0.1, 0.15) is 5.41 Å².